The molecule has 3 nitrogen and oxygen atoms in total. The summed E-state index contributed by atoms with van der Waals surface area (Å²) in [6.07, 6.45) is 0. The third kappa shape index (κ3) is 3.09. The van der Waals surface area contributed by atoms with Crippen molar-refractivity contribution in [2.24, 2.45) is 5.73 Å². The number of benzene rings is 2. The largest absolute Gasteiger partial charge is 0.468 e. The van der Waals surface area contributed by atoms with Crippen molar-refractivity contribution in [1.29, 1.82) is 0 Å². The van der Waals surface area contributed by atoms with Gasteiger partial charge >= 0.3 is 0 Å². The van der Waals surface area contributed by atoms with Crippen LogP contribution in [0.4, 0.5) is 0 Å². The Bertz CT molecular complexity index is 477. The average molecular weight is 243 g/mol. The maximum Gasteiger partial charge on any atom is 0.188 e. The van der Waals surface area contributed by atoms with Crippen LogP contribution in [0.1, 0.15) is 5.56 Å². The highest BCUT2D eigenvalue weighted by molar-refractivity contribution is 5.64. The Morgan fingerprint density at radius 3 is 1.94 bits per heavy atom. The van der Waals surface area contributed by atoms with Gasteiger partial charge in [0.15, 0.2) is 6.79 Å². The van der Waals surface area contributed by atoms with Crippen LogP contribution >= 0.6 is 0 Å². The van der Waals surface area contributed by atoms with Gasteiger partial charge in [-0.3, -0.25) is 0 Å². The first-order chi connectivity index (χ1) is 8.83. The standard InChI is InChI=1S/C15H17NO2/c1-17-11-18-15-8-6-14(7-9-15)13-4-2-12(10-16)3-5-13/h2-9H,10-11,16H2,1H3. The Morgan fingerprint density at radius 2 is 1.44 bits per heavy atom. The maximum absolute atomic E-state index is 5.58. The van der Waals surface area contributed by atoms with Crippen LogP contribution in [0.3, 0.4) is 0 Å². The SMILES string of the molecule is COCOc1ccc(-c2ccc(CN)cc2)cc1. The van der Waals surface area contributed by atoms with Gasteiger partial charge in [-0.05, 0) is 28.8 Å². The molecular weight excluding hydrogens is 226 g/mol. The van der Waals surface area contributed by atoms with E-state index in [1.807, 2.05) is 36.4 Å². The number of ether oxygens (including phenoxy) is 2. The van der Waals surface area contributed by atoms with Crippen molar-refractivity contribution >= 4 is 0 Å². The molecule has 2 aromatic carbocycles. The van der Waals surface area contributed by atoms with Gasteiger partial charge in [0.2, 0.25) is 0 Å². The molecule has 0 saturated heterocycles. The van der Waals surface area contributed by atoms with Gasteiger partial charge in [-0.15, -0.1) is 0 Å². The van der Waals surface area contributed by atoms with Gasteiger partial charge in [0.1, 0.15) is 5.75 Å². The molecule has 0 unspecified atom stereocenters. The number of methoxy groups -OCH3 is 1. The van der Waals surface area contributed by atoms with Crippen LogP contribution in [0.15, 0.2) is 48.5 Å². The molecule has 0 aliphatic carbocycles. The molecule has 0 heterocycles. The van der Waals surface area contributed by atoms with Crippen LogP contribution < -0.4 is 10.5 Å². The van der Waals surface area contributed by atoms with Crippen LogP contribution in [0, 0.1) is 0 Å². The molecule has 18 heavy (non-hydrogen) atoms. The molecule has 0 saturated carbocycles. The average Bonchev–Trinajstić information content (AvgIpc) is 2.46. The fraction of sp³-hybridized carbons (Fsp3) is 0.200. The molecule has 2 aromatic rings. The molecule has 94 valence electrons. The van der Waals surface area contributed by atoms with Crippen molar-refractivity contribution in [1.82, 2.24) is 0 Å². The lowest BCUT2D eigenvalue weighted by molar-refractivity contribution is 0.0511. The van der Waals surface area contributed by atoms with E-state index in [1.165, 1.54) is 5.56 Å². The molecular formula is C15H17NO2. The van der Waals surface area contributed by atoms with Crippen molar-refractivity contribution in [3.05, 3.63) is 54.1 Å². The van der Waals surface area contributed by atoms with E-state index in [0.29, 0.717) is 6.54 Å². The second-order valence-electron chi connectivity index (χ2n) is 3.98. The minimum atomic E-state index is 0.268. The second-order valence-corrected chi connectivity index (χ2v) is 3.98. The number of nitrogens with two attached hydrogens (primary N) is 1. The van der Waals surface area contributed by atoms with Crippen LogP contribution in [-0.2, 0) is 11.3 Å². The first-order valence-corrected chi connectivity index (χ1v) is 5.84. The van der Waals surface area contributed by atoms with E-state index < -0.39 is 0 Å². The van der Waals surface area contributed by atoms with Gasteiger partial charge in [-0.2, -0.15) is 0 Å². The van der Waals surface area contributed by atoms with Crippen molar-refractivity contribution in [2.45, 2.75) is 6.54 Å². The van der Waals surface area contributed by atoms with E-state index in [2.05, 4.69) is 12.1 Å². The Balaban J connectivity index is 2.12. The van der Waals surface area contributed by atoms with Gasteiger partial charge in [0.05, 0.1) is 0 Å². The summed E-state index contributed by atoms with van der Waals surface area (Å²) in [5.74, 6) is 0.805. The summed E-state index contributed by atoms with van der Waals surface area (Å²) in [6, 6.07) is 16.2. The zero-order valence-corrected chi connectivity index (χ0v) is 10.4. The number of hydrogen-bond acceptors (Lipinski definition) is 3. The molecule has 0 spiro atoms. The smallest absolute Gasteiger partial charge is 0.188 e. The zero-order valence-electron chi connectivity index (χ0n) is 10.4. The molecule has 0 aromatic heterocycles. The summed E-state index contributed by atoms with van der Waals surface area (Å²) in [4.78, 5) is 0. The van der Waals surface area contributed by atoms with Crippen LogP contribution in [0.2, 0.25) is 0 Å². The van der Waals surface area contributed by atoms with Crippen molar-refractivity contribution in [2.75, 3.05) is 13.9 Å². The Labute approximate surface area is 107 Å². The highest BCUT2D eigenvalue weighted by atomic mass is 16.7. The summed E-state index contributed by atoms with van der Waals surface area (Å²) in [7, 11) is 1.60. The predicted octanol–water partition coefficient (Wildman–Crippen LogP) is 2.80. The third-order valence-electron chi connectivity index (χ3n) is 2.72. The predicted molar refractivity (Wildman–Crippen MR) is 72.3 cm³/mol. The van der Waals surface area contributed by atoms with E-state index in [1.54, 1.807) is 7.11 Å². The monoisotopic (exact) mass is 243 g/mol. The van der Waals surface area contributed by atoms with E-state index in [0.717, 1.165) is 16.9 Å². The van der Waals surface area contributed by atoms with E-state index in [4.69, 9.17) is 15.2 Å². The van der Waals surface area contributed by atoms with Crippen LogP contribution in [-0.4, -0.2) is 13.9 Å². The lowest BCUT2D eigenvalue weighted by Crippen LogP contribution is -1.98. The Morgan fingerprint density at radius 1 is 0.889 bits per heavy atom. The van der Waals surface area contributed by atoms with E-state index in [9.17, 15) is 0 Å². The molecule has 0 amide bonds. The maximum atomic E-state index is 5.58. The topological polar surface area (TPSA) is 44.5 Å². The van der Waals surface area contributed by atoms with Crippen molar-refractivity contribution < 1.29 is 9.47 Å². The quantitative estimate of drug-likeness (QED) is 0.821. The fourth-order valence-electron chi connectivity index (χ4n) is 1.70. The second kappa shape index (κ2) is 6.19. The summed E-state index contributed by atoms with van der Waals surface area (Å²) < 4.78 is 10.2. The minimum Gasteiger partial charge on any atom is -0.468 e. The highest BCUT2D eigenvalue weighted by Gasteiger charge is 1.99. The van der Waals surface area contributed by atoms with Gasteiger partial charge in [0.25, 0.3) is 0 Å². The van der Waals surface area contributed by atoms with Gasteiger partial charge < -0.3 is 15.2 Å². The highest BCUT2D eigenvalue weighted by Crippen LogP contribution is 2.22. The number of rotatable bonds is 5. The summed E-state index contributed by atoms with van der Waals surface area (Å²) in [5, 5.41) is 0. The summed E-state index contributed by atoms with van der Waals surface area (Å²) in [5.41, 5.74) is 9.04. The molecule has 0 fully saturated rings. The molecule has 0 aliphatic heterocycles. The molecule has 0 bridgehead atoms. The minimum absolute atomic E-state index is 0.268. The zero-order chi connectivity index (χ0) is 12.8. The molecule has 0 radical (unpaired) electrons. The lowest BCUT2D eigenvalue weighted by Gasteiger charge is -2.06. The molecule has 3 heteroatoms. The van der Waals surface area contributed by atoms with Gasteiger partial charge in [-0.1, -0.05) is 36.4 Å². The summed E-state index contributed by atoms with van der Waals surface area (Å²) in [6.45, 7) is 0.842. The van der Waals surface area contributed by atoms with Gasteiger partial charge in [-0.25, -0.2) is 0 Å². The number of hydrogen-bond donors (Lipinski definition) is 1. The first-order valence-electron chi connectivity index (χ1n) is 5.84. The Kier molecular flexibility index (Phi) is 4.34. The van der Waals surface area contributed by atoms with Crippen LogP contribution in [0.5, 0.6) is 5.75 Å². The molecule has 2 N–H and O–H groups in total. The van der Waals surface area contributed by atoms with E-state index in [-0.39, 0.29) is 6.79 Å². The fourth-order valence-corrected chi connectivity index (χ4v) is 1.70. The normalized spacial score (nSPS) is 10.3. The van der Waals surface area contributed by atoms with Crippen LogP contribution in [0.25, 0.3) is 11.1 Å². The first kappa shape index (κ1) is 12.6. The van der Waals surface area contributed by atoms with Crippen molar-refractivity contribution in [3.8, 4) is 16.9 Å². The molecule has 2 rings (SSSR count). The van der Waals surface area contributed by atoms with Crippen molar-refractivity contribution in [3.63, 3.8) is 0 Å². The molecule has 0 atom stereocenters. The van der Waals surface area contributed by atoms with E-state index >= 15 is 0 Å². The lowest BCUT2D eigenvalue weighted by atomic mass is 10.0. The summed E-state index contributed by atoms with van der Waals surface area (Å²) >= 11 is 0. The molecule has 0 aliphatic rings. The Hall–Kier alpha value is -1.84. The van der Waals surface area contributed by atoms with Gasteiger partial charge in [0, 0.05) is 13.7 Å². The third-order valence-corrected chi connectivity index (χ3v) is 2.72.